The molecular formula is C20H25N3O. The minimum absolute atomic E-state index is 0.274. The van der Waals surface area contributed by atoms with Gasteiger partial charge in [0.05, 0.1) is 5.54 Å². The number of anilines is 2. The molecule has 0 aliphatic heterocycles. The Kier molecular flexibility index (Phi) is 4.98. The molecule has 0 heterocycles. The molecule has 0 aliphatic carbocycles. The number of aryl methyl sites for hydroxylation is 1. The van der Waals surface area contributed by atoms with Crippen molar-refractivity contribution >= 4 is 23.0 Å². The fourth-order valence-corrected chi connectivity index (χ4v) is 2.41. The second kappa shape index (κ2) is 6.79. The predicted molar refractivity (Wildman–Crippen MR) is 102 cm³/mol. The topological polar surface area (TPSA) is 67.2 Å². The van der Waals surface area contributed by atoms with E-state index in [4.69, 9.17) is 5.73 Å². The van der Waals surface area contributed by atoms with Crippen LogP contribution in [0.25, 0.3) is 5.57 Å². The number of allylic oxidation sites excluding steroid dienone is 1. The van der Waals surface area contributed by atoms with Crippen LogP contribution in [0, 0.1) is 6.92 Å². The molecule has 0 spiro atoms. The summed E-state index contributed by atoms with van der Waals surface area (Å²) < 4.78 is 0. The summed E-state index contributed by atoms with van der Waals surface area (Å²) in [6.07, 6.45) is 0. The number of rotatable bonds is 4. The highest BCUT2D eigenvalue weighted by Crippen LogP contribution is 2.24. The number of carbonyl (C=O) groups excluding carboxylic acids is 1. The van der Waals surface area contributed by atoms with E-state index in [1.807, 2.05) is 64.1 Å². The van der Waals surface area contributed by atoms with Gasteiger partial charge in [-0.05, 0) is 62.6 Å². The first kappa shape index (κ1) is 17.6. The van der Waals surface area contributed by atoms with Gasteiger partial charge >= 0.3 is 6.03 Å². The quantitative estimate of drug-likeness (QED) is 0.716. The van der Waals surface area contributed by atoms with Gasteiger partial charge in [-0.2, -0.15) is 0 Å². The van der Waals surface area contributed by atoms with Crippen LogP contribution < -0.4 is 16.4 Å². The van der Waals surface area contributed by atoms with Crippen molar-refractivity contribution in [3.63, 3.8) is 0 Å². The number of amides is 2. The summed E-state index contributed by atoms with van der Waals surface area (Å²) in [5, 5.41) is 5.83. The SMILES string of the molecule is C=C(C)c1cccc(C(C)(C)NC(=O)Nc2ccc(C)c(N)c2)c1. The van der Waals surface area contributed by atoms with Crippen LogP contribution in [-0.4, -0.2) is 6.03 Å². The predicted octanol–water partition coefficient (Wildman–Crippen LogP) is 4.67. The highest BCUT2D eigenvalue weighted by Gasteiger charge is 2.23. The van der Waals surface area contributed by atoms with E-state index in [2.05, 4.69) is 17.2 Å². The summed E-state index contributed by atoms with van der Waals surface area (Å²) in [7, 11) is 0. The second-order valence-corrected chi connectivity index (χ2v) is 6.64. The molecule has 0 fully saturated rings. The zero-order valence-electron chi connectivity index (χ0n) is 14.7. The molecule has 0 aliphatic rings. The van der Waals surface area contributed by atoms with Crippen molar-refractivity contribution in [1.82, 2.24) is 5.32 Å². The third-order valence-corrected chi connectivity index (χ3v) is 4.04. The molecule has 0 bridgehead atoms. The van der Waals surface area contributed by atoms with Crippen molar-refractivity contribution in [2.45, 2.75) is 33.2 Å². The highest BCUT2D eigenvalue weighted by atomic mass is 16.2. The second-order valence-electron chi connectivity index (χ2n) is 6.64. The number of urea groups is 1. The molecule has 24 heavy (non-hydrogen) atoms. The van der Waals surface area contributed by atoms with E-state index in [0.29, 0.717) is 11.4 Å². The van der Waals surface area contributed by atoms with E-state index in [1.54, 1.807) is 6.07 Å². The molecule has 0 aromatic heterocycles. The van der Waals surface area contributed by atoms with E-state index in [0.717, 1.165) is 22.3 Å². The lowest BCUT2D eigenvalue weighted by molar-refractivity contribution is 0.242. The molecule has 126 valence electrons. The van der Waals surface area contributed by atoms with Gasteiger partial charge in [0, 0.05) is 11.4 Å². The molecular weight excluding hydrogens is 298 g/mol. The lowest BCUT2D eigenvalue weighted by atomic mass is 9.92. The van der Waals surface area contributed by atoms with Crippen molar-refractivity contribution in [1.29, 1.82) is 0 Å². The average Bonchev–Trinajstić information content (AvgIpc) is 2.50. The van der Waals surface area contributed by atoms with Gasteiger partial charge in [-0.1, -0.05) is 36.4 Å². The van der Waals surface area contributed by atoms with Gasteiger partial charge in [-0.15, -0.1) is 0 Å². The molecule has 0 unspecified atom stereocenters. The Hall–Kier alpha value is -2.75. The average molecular weight is 323 g/mol. The summed E-state index contributed by atoms with van der Waals surface area (Å²) >= 11 is 0. The number of nitrogens with two attached hydrogens (primary N) is 1. The van der Waals surface area contributed by atoms with Crippen molar-refractivity contribution in [3.8, 4) is 0 Å². The largest absolute Gasteiger partial charge is 0.398 e. The van der Waals surface area contributed by atoms with E-state index in [9.17, 15) is 4.79 Å². The van der Waals surface area contributed by atoms with E-state index < -0.39 is 5.54 Å². The van der Waals surface area contributed by atoms with Crippen LogP contribution in [0.15, 0.2) is 49.0 Å². The van der Waals surface area contributed by atoms with E-state index >= 15 is 0 Å². The maximum absolute atomic E-state index is 12.3. The molecule has 2 amide bonds. The lowest BCUT2D eigenvalue weighted by Crippen LogP contribution is -2.43. The molecule has 2 aromatic carbocycles. The Labute approximate surface area is 143 Å². The van der Waals surface area contributed by atoms with Crippen LogP contribution in [0.2, 0.25) is 0 Å². The molecule has 2 aromatic rings. The number of nitrogens with one attached hydrogen (secondary N) is 2. The summed E-state index contributed by atoms with van der Waals surface area (Å²) in [6.45, 7) is 11.8. The van der Waals surface area contributed by atoms with Crippen molar-refractivity contribution < 1.29 is 4.79 Å². The van der Waals surface area contributed by atoms with Crippen LogP contribution in [0.3, 0.4) is 0 Å². The van der Waals surface area contributed by atoms with Gasteiger partial charge in [0.2, 0.25) is 0 Å². The molecule has 4 nitrogen and oxygen atoms in total. The van der Waals surface area contributed by atoms with Gasteiger partial charge < -0.3 is 16.4 Å². The Bertz CT molecular complexity index is 778. The van der Waals surface area contributed by atoms with Crippen LogP contribution in [0.5, 0.6) is 0 Å². The van der Waals surface area contributed by atoms with Crippen LogP contribution in [0.4, 0.5) is 16.2 Å². The fourth-order valence-electron chi connectivity index (χ4n) is 2.41. The van der Waals surface area contributed by atoms with Gasteiger partial charge in [-0.3, -0.25) is 0 Å². The van der Waals surface area contributed by atoms with Crippen molar-refractivity contribution in [3.05, 3.63) is 65.7 Å². The Morgan fingerprint density at radius 3 is 2.50 bits per heavy atom. The molecule has 4 heteroatoms. The van der Waals surface area contributed by atoms with Gasteiger partial charge in [0.25, 0.3) is 0 Å². The number of benzene rings is 2. The third-order valence-electron chi connectivity index (χ3n) is 4.04. The van der Waals surface area contributed by atoms with Crippen LogP contribution in [-0.2, 0) is 5.54 Å². The minimum Gasteiger partial charge on any atom is -0.398 e. The Balaban J connectivity index is 2.13. The Morgan fingerprint density at radius 1 is 1.17 bits per heavy atom. The molecule has 0 saturated carbocycles. The van der Waals surface area contributed by atoms with Crippen molar-refractivity contribution in [2.24, 2.45) is 0 Å². The first-order valence-electron chi connectivity index (χ1n) is 7.91. The third kappa shape index (κ3) is 4.16. The number of nitrogen functional groups attached to an aromatic ring is 1. The van der Waals surface area contributed by atoms with Crippen molar-refractivity contribution in [2.75, 3.05) is 11.1 Å². The molecule has 2 rings (SSSR count). The van der Waals surface area contributed by atoms with Gasteiger partial charge in [-0.25, -0.2) is 4.79 Å². The van der Waals surface area contributed by atoms with Gasteiger partial charge in [0.15, 0.2) is 0 Å². The van der Waals surface area contributed by atoms with Crippen LogP contribution in [0.1, 0.15) is 37.5 Å². The minimum atomic E-state index is -0.522. The Morgan fingerprint density at radius 2 is 1.88 bits per heavy atom. The monoisotopic (exact) mass is 323 g/mol. The first-order valence-corrected chi connectivity index (χ1v) is 7.91. The van der Waals surface area contributed by atoms with E-state index in [1.165, 1.54) is 0 Å². The van der Waals surface area contributed by atoms with E-state index in [-0.39, 0.29) is 6.03 Å². The summed E-state index contributed by atoms with van der Waals surface area (Å²) in [5.74, 6) is 0. The molecule has 0 saturated heterocycles. The summed E-state index contributed by atoms with van der Waals surface area (Å²) in [4.78, 5) is 12.3. The first-order chi connectivity index (χ1) is 11.2. The standard InChI is InChI=1S/C20H25N3O/c1-13(2)15-7-6-8-16(11-15)20(4,5)23-19(24)22-17-10-9-14(3)18(21)12-17/h6-12H,1,21H2,2-5H3,(H2,22,23,24). The molecule has 0 atom stereocenters. The summed E-state index contributed by atoms with van der Waals surface area (Å²) in [5.41, 5.74) is 10.7. The molecule has 0 radical (unpaired) electrons. The number of hydrogen-bond acceptors (Lipinski definition) is 2. The maximum atomic E-state index is 12.3. The fraction of sp³-hybridized carbons (Fsp3) is 0.250. The normalized spacial score (nSPS) is 11.0. The van der Waals surface area contributed by atoms with Crippen LogP contribution >= 0.6 is 0 Å². The highest BCUT2D eigenvalue weighted by molar-refractivity contribution is 5.90. The zero-order valence-corrected chi connectivity index (χ0v) is 14.7. The number of hydrogen-bond donors (Lipinski definition) is 3. The number of carbonyl (C=O) groups is 1. The smallest absolute Gasteiger partial charge is 0.319 e. The lowest BCUT2D eigenvalue weighted by Gasteiger charge is -2.27. The molecule has 4 N–H and O–H groups in total. The zero-order chi connectivity index (χ0) is 17.9. The van der Waals surface area contributed by atoms with Gasteiger partial charge in [0.1, 0.15) is 0 Å². The summed E-state index contributed by atoms with van der Waals surface area (Å²) in [6, 6.07) is 13.2. The maximum Gasteiger partial charge on any atom is 0.319 e.